The summed E-state index contributed by atoms with van der Waals surface area (Å²) in [6.07, 6.45) is 1.60. The minimum absolute atomic E-state index is 0.161. The maximum Gasteiger partial charge on any atom is 0.344 e. The number of unbranched alkanes of at least 4 members (excludes halogenated alkanes) is 1. The molecular formula is C11H14BrN3O3S2. The minimum Gasteiger partial charge on any atom is -0.266 e. The van der Waals surface area contributed by atoms with Gasteiger partial charge in [-0.15, -0.1) is 16.4 Å². The van der Waals surface area contributed by atoms with Crippen molar-refractivity contribution in [3.63, 3.8) is 0 Å². The molecule has 0 aliphatic heterocycles. The predicted molar refractivity (Wildman–Crippen MR) is 80.7 cm³/mol. The Hall–Kier alpha value is -0.930. The summed E-state index contributed by atoms with van der Waals surface area (Å²) < 4.78 is 26.8. The Morgan fingerprint density at radius 1 is 1.50 bits per heavy atom. The fraction of sp³-hybridized carbons (Fsp3) is 0.455. The number of H-pyrrole nitrogens is 1. The van der Waals surface area contributed by atoms with E-state index in [0.717, 1.165) is 16.6 Å². The molecule has 2 rings (SSSR count). The second-order valence-corrected chi connectivity index (χ2v) is 8.51. The molecule has 0 spiro atoms. The highest BCUT2D eigenvalue weighted by Gasteiger charge is 2.24. The maximum absolute atomic E-state index is 12.4. The number of hydrogen-bond donors (Lipinski definition) is 1. The van der Waals surface area contributed by atoms with Gasteiger partial charge in [0.15, 0.2) is 0 Å². The average Bonchev–Trinajstić information content (AvgIpc) is 2.93. The van der Waals surface area contributed by atoms with Crippen LogP contribution in [0.4, 0.5) is 0 Å². The van der Waals surface area contributed by atoms with Crippen molar-refractivity contribution >= 4 is 37.1 Å². The summed E-state index contributed by atoms with van der Waals surface area (Å²) in [5.41, 5.74) is 0.197. The SMILES string of the molecule is CCCCn1c(S(=O)(=O)Cc2csc(Br)c2)n[nH]c1=O. The molecule has 0 atom stereocenters. The third-order valence-corrected chi connectivity index (χ3v) is 5.85. The van der Waals surface area contributed by atoms with Crippen LogP contribution in [0.5, 0.6) is 0 Å². The smallest absolute Gasteiger partial charge is 0.266 e. The van der Waals surface area contributed by atoms with Gasteiger partial charge in [-0.3, -0.25) is 4.57 Å². The van der Waals surface area contributed by atoms with Gasteiger partial charge in [-0.05, 0) is 39.4 Å². The fourth-order valence-electron chi connectivity index (χ4n) is 1.76. The molecule has 0 aliphatic rings. The number of halogens is 1. The lowest BCUT2D eigenvalue weighted by Gasteiger charge is -2.05. The van der Waals surface area contributed by atoms with Crippen LogP contribution in [0.25, 0.3) is 0 Å². The molecule has 0 aromatic carbocycles. The van der Waals surface area contributed by atoms with Gasteiger partial charge in [-0.25, -0.2) is 18.3 Å². The van der Waals surface area contributed by atoms with Crippen molar-refractivity contribution in [3.05, 3.63) is 31.3 Å². The van der Waals surface area contributed by atoms with Gasteiger partial charge < -0.3 is 0 Å². The molecule has 0 radical (unpaired) electrons. The van der Waals surface area contributed by atoms with E-state index in [9.17, 15) is 13.2 Å². The van der Waals surface area contributed by atoms with Crippen molar-refractivity contribution in [1.82, 2.24) is 14.8 Å². The number of rotatable bonds is 6. The Morgan fingerprint density at radius 2 is 2.25 bits per heavy atom. The molecule has 9 heteroatoms. The molecule has 20 heavy (non-hydrogen) atoms. The largest absolute Gasteiger partial charge is 0.344 e. The van der Waals surface area contributed by atoms with Crippen LogP contribution in [-0.2, 0) is 22.1 Å². The van der Waals surface area contributed by atoms with E-state index in [1.165, 1.54) is 15.9 Å². The first kappa shape index (κ1) is 15.5. The number of sulfone groups is 1. The molecule has 2 aromatic heterocycles. The quantitative estimate of drug-likeness (QED) is 0.833. The van der Waals surface area contributed by atoms with Crippen molar-refractivity contribution in [1.29, 1.82) is 0 Å². The molecule has 1 N–H and O–H groups in total. The van der Waals surface area contributed by atoms with E-state index >= 15 is 0 Å². The predicted octanol–water partition coefficient (Wildman–Crippen LogP) is 2.17. The summed E-state index contributed by atoms with van der Waals surface area (Å²) in [4.78, 5) is 11.6. The molecule has 6 nitrogen and oxygen atoms in total. The van der Waals surface area contributed by atoms with Gasteiger partial charge in [-0.1, -0.05) is 13.3 Å². The first-order valence-electron chi connectivity index (χ1n) is 6.05. The zero-order valence-electron chi connectivity index (χ0n) is 10.8. The first-order chi connectivity index (χ1) is 9.44. The Balaban J connectivity index is 2.32. The van der Waals surface area contributed by atoms with Gasteiger partial charge in [0.05, 0.1) is 9.54 Å². The number of aromatic amines is 1. The molecule has 0 aliphatic carbocycles. The topological polar surface area (TPSA) is 84.8 Å². The van der Waals surface area contributed by atoms with Crippen LogP contribution in [0.15, 0.2) is 25.2 Å². The molecule has 0 saturated heterocycles. The molecule has 0 amide bonds. The Labute approximate surface area is 128 Å². The summed E-state index contributed by atoms with van der Waals surface area (Å²) in [7, 11) is -3.63. The number of thiophene rings is 1. The van der Waals surface area contributed by atoms with Gasteiger partial charge in [0, 0.05) is 6.54 Å². The van der Waals surface area contributed by atoms with E-state index in [1.54, 1.807) is 11.4 Å². The standard InChI is InChI=1S/C11H14BrN3O3S2/c1-2-3-4-15-10(16)13-14-11(15)20(17,18)7-8-5-9(12)19-6-8/h5-6H,2-4,7H2,1H3,(H,13,16). The van der Waals surface area contributed by atoms with Crippen LogP contribution in [0.1, 0.15) is 25.3 Å². The van der Waals surface area contributed by atoms with Crippen LogP contribution in [0, 0.1) is 0 Å². The third-order valence-electron chi connectivity index (χ3n) is 2.72. The van der Waals surface area contributed by atoms with Crippen molar-refractivity contribution < 1.29 is 8.42 Å². The molecular weight excluding hydrogens is 366 g/mol. The Morgan fingerprint density at radius 3 is 2.85 bits per heavy atom. The highest BCUT2D eigenvalue weighted by Crippen LogP contribution is 2.23. The monoisotopic (exact) mass is 379 g/mol. The normalized spacial score (nSPS) is 11.9. The molecule has 2 aromatic rings. The number of nitrogens with one attached hydrogen (secondary N) is 1. The van der Waals surface area contributed by atoms with Crippen LogP contribution in [0.3, 0.4) is 0 Å². The van der Waals surface area contributed by atoms with Gasteiger partial charge in [0.2, 0.25) is 9.84 Å². The maximum atomic E-state index is 12.4. The molecule has 110 valence electrons. The van der Waals surface area contributed by atoms with Crippen LogP contribution < -0.4 is 5.69 Å². The van der Waals surface area contributed by atoms with Crippen molar-refractivity contribution in [2.24, 2.45) is 0 Å². The summed E-state index contributed by atoms with van der Waals surface area (Å²) >= 11 is 4.71. The molecule has 0 bridgehead atoms. The summed E-state index contributed by atoms with van der Waals surface area (Å²) in [5, 5.41) is 7.47. The highest BCUT2D eigenvalue weighted by molar-refractivity contribution is 9.11. The van der Waals surface area contributed by atoms with Crippen molar-refractivity contribution in [2.45, 2.75) is 37.2 Å². The summed E-state index contributed by atoms with van der Waals surface area (Å²) in [5.74, 6) is -0.161. The van der Waals surface area contributed by atoms with Gasteiger partial charge in [0.25, 0.3) is 5.16 Å². The van der Waals surface area contributed by atoms with E-state index in [-0.39, 0.29) is 10.9 Å². The van der Waals surface area contributed by atoms with E-state index in [0.29, 0.717) is 12.1 Å². The second-order valence-electron chi connectivity index (χ2n) is 4.33. The lowest BCUT2D eigenvalue weighted by atomic mass is 10.3. The van der Waals surface area contributed by atoms with Crippen LogP contribution >= 0.6 is 27.3 Å². The van der Waals surface area contributed by atoms with Gasteiger partial charge in [0.1, 0.15) is 0 Å². The lowest BCUT2D eigenvalue weighted by molar-refractivity contribution is 0.537. The molecule has 0 unspecified atom stereocenters. The van der Waals surface area contributed by atoms with E-state index < -0.39 is 15.5 Å². The fourth-order valence-corrected chi connectivity index (χ4v) is 4.50. The zero-order valence-corrected chi connectivity index (χ0v) is 14.0. The Bertz CT molecular complexity index is 745. The highest BCUT2D eigenvalue weighted by atomic mass is 79.9. The number of hydrogen-bond acceptors (Lipinski definition) is 5. The van der Waals surface area contributed by atoms with Crippen molar-refractivity contribution in [2.75, 3.05) is 0 Å². The third kappa shape index (κ3) is 3.39. The van der Waals surface area contributed by atoms with E-state index in [1.807, 2.05) is 6.92 Å². The average molecular weight is 380 g/mol. The molecule has 0 fully saturated rings. The van der Waals surface area contributed by atoms with Crippen LogP contribution in [0.2, 0.25) is 0 Å². The van der Waals surface area contributed by atoms with Gasteiger partial charge >= 0.3 is 5.69 Å². The van der Waals surface area contributed by atoms with Crippen LogP contribution in [-0.4, -0.2) is 23.2 Å². The van der Waals surface area contributed by atoms with E-state index in [2.05, 4.69) is 26.1 Å². The van der Waals surface area contributed by atoms with E-state index in [4.69, 9.17) is 0 Å². The number of nitrogens with zero attached hydrogens (tertiary/aromatic N) is 2. The Kier molecular flexibility index (Phi) is 4.82. The zero-order chi connectivity index (χ0) is 14.8. The van der Waals surface area contributed by atoms with Gasteiger partial charge in [-0.2, -0.15) is 0 Å². The van der Waals surface area contributed by atoms with Crippen molar-refractivity contribution in [3.8, 4) is 0 Å². The summed E-state index contributed by atoms with van der Waals surface area (Å²) in [6.45, 7) is 2.33. The minimum atomic E-state index is -3.63. The first-order valence-corrected chi connectivity index (χ1v) is 9.37. The molecule has 2 heterocycles. The molecule has 0 saturated carbocycles. The summed E-state index contributed by atoms with van der Waals surface area (Å²) in [6, 6.07) is 1.75. The lowest BCUT2D eigenvalue weighted by Crippen LogP contribution is -2.21. The number of aromatic nitrogens is 3. The second kappa shape index (κ2) is 6.23.